The molecule has 1 N–H and O–H groups in total. The number of benzene rings is 1. The first-order valence-corrected chi connectivity index (χ1v) is 8.92. The first-order chi connectivity index (χ1) is 10.8. The van der Waals surface area contributed by atoms with Crippen molar-refractivity contribution in [2.45, 2.75) is 38.6 Å². The first-order valence-electron chi connectivity index (χ1n) is 7.94. The first kappa shape index (κ1) is 15.4. The van der Waals surface area contributed by atoms with Crippen LogP contribution in [0.2, 0.25) is 0 Å². The Morgan fingerprint density at radius 1 is 1.32 bits per heavy atom. The Hall–Kier alpha value is -1.49. The highest BCUT2D eigenvalue weighted by Crippen LogP contribution is 2.27. The predicted octanol–water partition coefficient (Wildman–Crippen LogP) is 3.67. The van der Waals surface area contributed by atoms with Gasteiger partial charge in [-0.25, -0.2) is 0 Å². The van der Waals surface area contributed by atoms with E-state index in [1.54, 1.807) is 18.9 Å². The van der Waals surface area contributed by atoms with E-state index in [9.17, 15) is 0 Å². The van der Waals surface area contributed by atoms with Crippen LogP contribution in [0, 0.1) is 5.92 Å². The molecule has 1 aromatic rings. The number of nitrogens with one attached hydrogen (secondary N) is 1. The Kier molecular flexibility index (Phi) is 5.03. The number of amidine groups is 1. The molecule has 2 atom stereocenters. The average molecular weight is 317 g/mol. The van der Waals surface area contributed by atoms with Gasteiger partial charge in [-0.05, 0) is 30.9 Å². The summed E-state index contributed by atoms with van der Waals surface area (Å²) in [6.45, 7) is 2.31. The van der Waals surface area contributed by atoms with E-state index in [0.717, 1.165) is 27.9 Å². The molecule has 0 radical (unpaired) electrons. The summed E-state index contributed by atoms with van der Waals surface area (Å²) in [5, 5.41) is 5.47. The Bertz CT molecular complexity index is 585. The third kappa shape index (κ3) is 3.64. The van der Waals surface area contributed by atoms with E-state index in [4.69, 9.17) is 9.73 Å². The summed E-state index contributed by atoms with van der Waals surface area (Å²) < 4.78 is 5.27. The zero-order chi connectivity index (χ0) is 15.4. The maximum absolute atomic E-state index is 5.27. The van der Waals surface area contributed by atoms with E-state index < -0.39 is 0 Å². The van der Waals surface area contributed by atoms with Gasteiger partial charge in [0.05, 0.1) is 18.9 Å². The van der Waals surface area contributed by atoms with Gasteiger partial charge in [0.2, 0.25) is 0 Å². The number of nitrogens with zero attached hydrogens (tertiary/aromatic N) is 2. The summed E-state index contributed by atoms with van der Waals surface area (Å²) in [4.78, 5) is 4.87. The fraction of sp³-hybridized carbons (Fsp3) is 0.529. The second kappa shape index (κ2) is 7.18. The van der Waals surface area contributed by atoms with E-state index in [2.05, 4.69) is 23.5 Å². The number of rotatable bonds is 3. The lowest BCUT2D eigenvalue weighted by molar-refractivity contribution is 0.333. The lowest BCUT2D eigenvalue weighted by Crippen LogP contribution is -2.29. The molecule has 0 bridgehead atoms. The van der Waals surface area contributed by atoms with Gasteiger partial charge in [0, 0.05) is 11.3 Å². The summed E-state index contributed by atoms with van der Waals surface area (Å²) in [5.74, 6) is 2.40. The van der Waals surface area contributed by atoms with Gasteiger partial charge in [-0.2, -0.15) is 5.10 Å². The van der Waals surface area contributed by atoms with E-state index >= 15 is 0 Å². The van der Waals surface area contributed by atoms with Crippen molar-refractivity contribution in [1.82, 2.24) is 5.43 Å². The van der Waals surface area contributed by atoms with Gasteiger partial charge >= 0.3 is 0 Å². The predicted molar refractivity (Wildman–Crippen MR) is 94.0 cm³/mol. The number of aliphatic imine (C=N–C) groups is 1. The Labute approximate surface area is 136 Å². The zero-order valence-electron chi connectivity index (χ0n) is 13.2. The van der Waals surface area contributed by atoms with Crippen LogP contribution < -0.4 is 10.2 Å². The molecule has 0 saturated heterocycles. The quantitative estimate of drug-likeness (QED) is 0.925. The van der Waals surface area contributed by atoms with Crippen LogP contribution in [0.5, 0.6) is 5.75 Å². The molecule has 118 valence electrons. The van der Waals surface area contributed by atoms with Crippen LogP contribution >= 0.6 is 11.8 Å². The van der Waals surface area contributed by atoms with Crippen molar-refractivity contribution in [2.75, 3.05) is 12.9 Å². The molecule has 5 heteroatoms. The fourth-order valence-corrected chi connectivity index (χ4v) is 3.80. The van der Waals surface area contributed by atoms with Crippen molar-refractivity contribution in [3.63, 3.8) is 0 Å². The van der Waals surface area contributed by atoms with Crippen molar-refractivity contribution in [1.29, 1.82) is 0 Å². The Morgan fingerprint density at radius 2 is 2.18 bits per heavy atom. The Balaban J connectivity index is 1.68. The van der Waals surface area contributed by atoms with Crippen molar-refractivity contribution in [3.05, 3.63) is 29.8 Å². The fourth-order valence-electron chi connectivity index (χ4n) is 2.97. The second-order valence-electron chi connectivity index (χ2n) is 5.95. The molecule has 1 saturated carbocycles. The minimum Gasteiger partial charge on any atom is -0.497 e. The molecule has 2 aliphatic rings. The molecule has 1 heterocycles. The van der Waals surface area contributed by atoms with Crippen LogP contribution in [0.1, 0.15) is 38.2 Å². The minimum atomic E-state index is 0.456. The summed E-state index contributed by atoms with van der Waals surface area (Å²) in [7, 11) is 1.69. The Morgan fingerprint density at radius 3 is 2.91 bits per heavy atom. The molecule has 1 fully saturated rings. The molecule has 4 nitrogen and oxygen atoms in total. The van der Waals surface area contributed by atoms with Crippen LogP contribution in [-0.4, -0.2) is 29.8 Å². The molecule has 22 heavy (non-hydrogen) atoms. The van der Waals surface area contributed by atoms with Crippen LogP contribution in [0.25, 0.3) is 0 Å². The molecular formula is C17H23N3OS. The number of methoxy groups -OCH3 is 1. The molecular weight excluding hydrogens is 294 g/mol. The highest BCUT2D eigenvalue weighted by atomic mass is 32.2. The van der Waals surface area contributed by atoms with Crippen LogP contribution in [0.3, 0.4) is 0 Å². The number of ether oxygens (including phenoxy) is 1. The van der Waals surface area contributed by atoms with Gasteiger partial charge in [-0.1, -0.05) is 43.7 Å². The summed E-state index contributed by atoms with van der Waals surface area (Å²) >= 11 is 1.74. The number of hydrogen-bond acceptors (Lipinski definition) is 4. The van der Waals surface area contributed by atoms with Crippen LogP contribution in [-0.2, 0) is 0 Å². The molecule has 0 spiro atoms. The van der Waals surface area contributed by atoms with Crippen LogP contribution in [0.4, 0.5) is 0 Å². The highest BCUT2D eigenvalue weighted by Gasteiger charge is 2.22. The molecule has 0 aromatic heterocycles. The third-order valence-electron chi connectivity index (χ3n) is 4.38. The number of hydrogen-bond donors (Lipinski definition) is 1. The summed E-state index contributed by atoms with van der Waals surface area (Å²) in [6, 6.07) is 8.48. The van der Waals surface area contributed by atoms with Gasteiger partial charge in [0.15, 0.2) is 5.17 Å². The molecule has 3 rings (SSSR count). The van der Waals surface area contributed by atoms with Gasteiger partial charge in [0.1, 0.15) is 5.75 Å². The number of thioether (sulfide) groups is 1. The van der Waals surface area contributed by atoms with E-state index in [0.29, 0.717) is 12.0 Å². The lowest BCUT2D eigenvalue weighted by Gasteiger charge is -2.26. The lowest BCUT2D eigenvalue weighted by atomic mass is 9.86. The zero-order valence-corrected chi connectivity index (χ0v) is 14.0. The minimum absolute atomic E-state index is 0.456. The normalized spacial score (nSPS) is 27.2. The van der Waals surface area contributed by atoms with Gasteiger partial charge < -0.3 is 4.74 Å². The molecule has 1 aliphatic carbocycles. The average Bonchev–Trinajstić information content (AvgIpc) is 2.58. The number of hydrazone groups is 1. The molecule has 1 aromatic carbocycles. The van der Waals surface area contributed by atoms with Gasteiger partial charge in [-0.15, -0.1) is 0 Å². The highest BCUT2D eigenvalue weighted by molar-refractivity contribution is 8.14. The van der Waals surface area contributed by atoms with E-state index in [1.165, 1.54) is 25.7 Å². The smallest absolute Gasteiger partial charge is 0.177 e. The second-order valence-corrected chi connectivity index (χ2v) is 6.92. The summed E-state index contributed by atoms with van der Waals surface area (Å²) in [6.07, 6.45) is 5.15. The van der Waals surface area contributed by atoms with Crippen molar-refractivity contribution in [3.8, 4) is 5.75 Å². The monoisotopic (exact) mass is 317 g/mol. The standard InChI is InChI=1S/C17H23N3OS/c1-12-6-3-4-9-15(12)18-17-20-19-16(11-22-17)13-7-5-8-14(10-13)21-2/h5,7-8,10,12,15H,3-4,6,9,11H2,1-2H3,(H,18,20)/t12-,15+/m0/s1. The van der Waals surface area contributed by atoms with Crippen molar-refractivity contribution < 1.29 is 4.74 Å². The van der Waals surface area contributed by atoms with E-state index in [1.807, 2.05) is 18.2 Å². The topological polar surface area (TPSA) is 46.0 Å². The SMILES string of the molecule is COc1cccc(C2=NNC(=N[C@@H]3CCCC[C@@H]3C)SC2)c1. The molecule has 1 aliphatic heterocycles. The van der Waals surface area contributed by atoms with E-state index in [-0.39, 0.29) is 0 Å². The maximum Gasteiger partial charge on any atom is 0.177 e. The maximum atomic E-state index is 5.27. The summed E-state index contributed by atoms with van der Waals surface area (Å²) in [5.41, 5.74) is 5.28. The van der Waals surface area contributed by atoms with Crippen molar-refractivity contribution in [2.24, 2.45) is 16.0 Å². The van der Waals surface area contributed by atoms with Gasteiger partial charge in [-0.3, -0.25) is 10.4 Å². The molecule has 0 unspecified atom stereocenters. The van der Waals surface area contributed by atoms with Gasteiger partial charge in [0.25, 0.3) is 0 Å². The van der Waals surface area contributed by atoms with Crippen molar-refractivity contribution >= 4 is 22.6 Å². The van der Waals surface area contributed by atoms with Crippen LogP contribution in [0.15, 0.2) is 34.4 Å². The third-order valence-corrected chi connectivity index (χ3v) is 5.27. The largest absolute Gasteiger partial charge is 0.497 e. The molecule has 0 amide bonds.